The summed E-state index contributed by atoms with van der Waals surface area (Å²) < 4.78 is 5.25. The summed E-state index contributed by atoms with van der Waals surface area (Å²) in [5.74, 6) is -0.0577. The molecule has 0 saturated heterocycles. The molecule has 5 heteroatoms. The second-order valence-corrected chi connectivity index (χ2v) is 3.40. The van der Waals surface area contributed by atoms with Crippen LogP contribution in [0.1, 0.15) is 5.56 Å². The molecule has 0 bridgehead atoms. The normalized spacial score (nSPS) is 10.4. The van der Waals surface area contributed by atoms with Crippen molar-refractivity contribution < 1.29 is 9.53 Å². The van der Waals surface area contributed by atoms with E-state index in [0.29, 0.717) is 11.4 Å². The highest BCUT2D eigenvalue weighted by Gasteiger charge is 1.98. The Balaban J connectivity index is 2.90. The first kappa shape index (κ1) is 10.7. The van der Waals surface area contributed by atoms with E-state index in [1.165, 1.54) is 13.2 Å². The van der Waals surface area contributed by atoms with Crippen molar-refractivity contribution in [1.29, 1.82) is 0 Å². The maximum atomic E-state index is 10.8. The summed E-state index contributed by atoms with van der Waals surface area (Å²) in [7, 11) is 1.31. The number of halogens is 1. The maximum absolute atomic E-state index is 10.8. The Kier molecular flexibility index (Phi) is 3.64. The van der Waals surface area contributed by atoms with Gasteiger partial charge in [-0.25, -0.2) is 9.78 Å². The lowest BCUT2D eigenvalue weighted by Gasteiger charge is -1.99. The van der Waals surface area contributed by atoms with Gasteiger partial charge in [0.05, 0.1) is 7.11 Å². The van der Waals surface area contributed by atoms with Gasteiger partial charge in [-0.2, -0.15) is 0 Å². The number of pyridine rings is 1. The predicted octanol–water partition coefficient (Wildman–Crippen LogP) is 1.61. The van der Waals surface area contributed by atoms with Crippen LogP contribution in [0.2, 0.25) is 0 Å². The number of aromatic nitrogens is 1. The molecule has 0 unspecified atom stereocenters. The molecule has 0 spiro atoms. The lowest BCUT2D eigenvalue weighted by molar-refractivity contribution is -0.134. The molecule has 0 aliphatic heterocycles. The molecule has 0 amide bonds. The number of rotatable bonds is 2. The second kappa shape index (κ2) is 4.76. The van der Waals surface area contributed by atoms with Crippen molar-refractivity contribution in [3.63, 3.8) is 0 Å². The fourth-order valence-corrected chi connectivity index (χ4v) is 1.17. The summed E-state index contributed by atoms with van der Waals surface area (Å²) in [6.07, 6.45) is 4.43. The number of methoxy groups -OCH3 is 1. The second-order valence-electron chi connectivity index (χ2n) is 2.48. The summed E-state index contributed by atoms with van der Waals surface area (Å²) in [5.41, 5.74) is 6.25. The number of hydrogen-bond donors (Lipinski definition) is 1. The highest BCUT2D eigenvalue weighted by atomic mass is 79.9. The van der Waals surface area contributed by atoms with Crippen LogP contribution in [0.3, 0.4) is 0 Å². The van der Waals surface area contributed by atoms with Crippen LogP contribution in [0.25, 0.3) is 6.08 Å². The molecule has 2 N–H and O–H groups in total. The Morgan fingerprint density at radius 1 is 1.71 bits per heavy atom. The van der Waals surface area contributed by atoms with Crippen molar-refractivity contribution in [2.24, 2.45) is 0 Å². The molecule has 14 heavy (non-hydrogen) atoms. The largest absolute Gasteiger partial charge is 0.466 e. The van der Waals surface area contributed by atoms with E-state index < -0.39 is 5.97 Å². The van der Waals surface area contributed by atoms with E-state index in [-0.39, 0.29) is 0 Å². The molecular weight excluding hydrogens is 248 g/mol. The first-order valence-electron chi connectivity index (χ1n) is 3.80. The number of carbonyl (C=O) groups is 1. The minimum absolute atomic E-state index is 0.369. The average molecular weight is 257 g/mol. The maximum Gasteiger partial charge on any atom is 0.330 e. The molecule has 0 aliphatic carbocycles. The van der Waals surface area contributed by atoms with Crippen molar-refractivity contribution in [2.45, 2.75) is 0 Å². The average Bonchev–Trinajstić information content (AvgIpc) is 2.19. The molecule has 0 saturated carbocycles. The first-order chi connectivity index (χ1) is 6.63. The molecule has 74 valence electrons. The Labute approximate surface area is 89.9 Å². The van der Waals surface area contributed by atoms with Crippen LogP contribution < -0.4 is 5.73 Å². The highest BCUT2D eigenvalue weighted by molar-refractivity contribution is 9.10. The number of nitrogens with two attached hydrogens (primary N) is 1. The molecule has 1 aromatic rings. The number of carbonyl (C=O) groups excluding carboxylic acids is 1. The number of hydrogen-bond acceptors (Lipinski definition) is 4. The van der Waals surface area contributed by atoms with Gasteiger partial charge in [-0.3, -0.25) is 0 Å². The number of anilines is 1. The van der Waals surface area contributed by atoms with Gasteiger partial charge in [-0.15, -0.1) is 0 Å². The number of nitrogens with zero attached hydrogens (tertiary/aromatic N) is 1. The summed E-state index contributed by atoms with van der Waals surface area (Å²) in [5, 5.41) is 0. The third-order valence-corrected chi connectivity index (χ3v) is 1.95. The lowest BCUT2D eigenvalue weighted by Crippen LogP contribution is -1.96. The Hall–Kier alpha value is -1.36. The zero-order valence-corrected chi connectivity index (χ0v) is 9.11. The zero-order valence-electron chi connectivity index (χ0n) is 7.53. The van der Waals surface area contributed by atoms with Crippen LogP contribution in [0.5, 0.6) is 0 Å². The van der Waals surface area contributed by atoms with Crippen molar-refractivity contribution in [3.8, 4) is 0 Å². The zero-order chi connectivity index (χ0) is 10.6. The number of nitrogen functional groups attached to an aromatic ring is 1. The fraction of sp³-hybridized carbons (Fsp3) is 0.111. The van der Waals surface area contributed by atoms with Crippen LogP contribution in [-0.2, 0) is 9.53 Å². The van der Waals surface area contributed by atoms with E-state index in [1.54, 1.807) is 18.3 Å². The van der Waals surface area contributed by atoms with Gasteiger partial charge in [0.25, 0.3) is 0 Å². The van der Waals surface area contributed by atoms with E-state index in [1.807, 2.05) is 0 Å². The standard InChI is InChI=1S/C9H9BrN2O2/c1-14-8(13)3-2-6-4-7(10)5-12-9(6)11/h2-5H,1H3,(H2,11,12). The summed E-state index contributed by atoms with van der Waals surface area (Å²) in [6.45, 7) is 0. The predicted molar refractivity (Wildman–Crippen MR) is 57.4 cm³/mol. The van der Waals surface area contributed by atoms with E-state index in [0.717, 1.165) is 4.47 Å². The summed E-state index contributed by atoms with van der Waals surface area (Å²) in [6, 6.07) is 1.77. The SMILES string of the molecule is COC(=O)C=Cc1cc(Br)cnc1N. The topological polar surface area (TPSA) is 65.2 Å². The third kappa shape index (κ3) is 2.85. The van der Waals surface area contributed by atoms with E-state index in [2.05, 4.69) is 25.7 Å². The first-order valence-corrected chi connectivity index (χ1v) is 4.60. The van der Waals surface area contributed by atoms with Crippen LogP contribution in [0.4, 0.5) is 5.82 Å². The quantitative estimate of drug-likeness (QED) is 0.645. The third-order valence-electron chi connectivity index (χ3n) is 1.52. The lowest BCUT2D eigenvalue weighted by atomic mass is 10.2. The van der Waals surface area contributed by atoms with Crippen LogP contribution >= 0.6 is 15.9 Å². The van der Waals surface area contributed by atoms with Crippen molar-refractivity contribution in [3.05, 3.63) is 28.4 Å². The van der Waals surface area contributed by atoms with Crippen LogP contribution in [0, 0.1) is 0 Å². The molecule has 1 rings (SSSR count). The summed E-state index contributed by atoms with van der Waals surface area (Å²) in [4.78, 5) is 14.7. The van der Waals surface area contributed by atoms with Gasteiger partial charge >= 0.3 is 5.97 Å². The minimum atomic E-state index is -0.427. The fourth-order valence-electron chi connectivity index (χ4n) is 0.825. The van der Waals surface area contributed by atoms with E-state index in [9.17, 15) is 4.79 Å². The van der Waals surface area contributed by atoms with Gasteiger partial charge in [-0.05, 0) is 28.1 Å². The van der Waals surface area contributed by atoms with E-state index in [4.69, 9.17) is 5.73 Å². The highest BCUT2D eigenvalue weighted by Crippen LogP contribution is 2.16. The monoisotopic (exact) mass is 256 g/mol. The van der Waals surface area contributed by atoms with Gasteiger partial charge in [0, 0.05) is 22.3 Å². The van der Waals surface area contributed by atoms with Gasteiger partial charge in [-0.1, -0.05) is 0 Å². The van der Waals surface area contributed by atoms with Crippen molar-refractivity contribution >= 4 is 33.8 Å². The Bertz CT molecular complexity index is 377. The molecule has 1 aromatic heterocycles. The van der Waals surface area contributed by atoms with Gasteiger partial charge in [0.1, 0.15) is 5.82 Å². The molecule has 4 nitrogen and oxygen atoms in total. The Morgan fingerprint density at radius 3 is 3.07 bits per heavy atom. The summed E-state index contributed by atoms with van der Waals surface area (Å²) >= 11 is 3.25. The van der Waals surface area contributed by atoms with Gasteiger partial charge in [0.15, 0.2) is 0 Å². The van der Waals surface area contributed by atoms with Gasteiger partial charge < -0.3 is 10.5 Å². The minimum Gasteiger partial charge on any atom is -0.466 e. The smallest absolute Gasteiger partial charge is 0.330 e. The molecule has 1 heterocycles. The molecule has 0 aliphatic rings. The number of esters is 1. The van der Waals surface area contributed by atoms with E-state index >= 15 is 0 Å². The van der Waals surface area contributed by atoms with Gasteiger partial charge in [0.2, 0.25) is 0 Å². The molecule has 0 fully saturated rings. The molecular formula is C9H9BrN2O2. The molecule has 0 aromatic carbocycles. The van der Waals surface area contributed by atoms with Crippen molar-refractivity contribution in [2.75, 3.05) is 12.8 Å². The Morgan fingerprint density at radius 2 is 2.43 bits per heavy atom. The van der Waals surface area contributed by atoms with Crippen molar-refractivity contribution in [1.82, 2.24) is 4.98 Å². The number of ether oxygens (including phenoxy) is 1. The molecule has 0 atom stereocenters. The van der Waals surface area contributed by atoms with Crippen LogP contribution in [-0.4, -0.2) is 18.1 Å². The molecule has 0 radical (unpaired) electrons. The van der Waals surface area contributed by atoms with Crippen LogP contribution in [0.15, 0.2) is 22.8 Å².